The largest absolute Gasteiger partial charge is 0.489 e. The van der Waals surface area contributed by atoms with Crippen LogP contribution in [-0.2, 0) is 22.4 Å². The molecule has 0 bridgehead atoms. The van der Waals surface area contributed by atoms with Crippen molar-refractivity contribution >= 4 is 11.6 Å². The number of aryl methyl sites for hydroxylation is 2. The first kappa shape index (κ1) is 20.0. The van der Waals surface area contributed by atoms with Crippen LogP contribution < -0.4 is 4.74 Å². The number of para-hydroxylation sites is 1. The molecule has 2 heterocycles. The first-order valence-corrected chi connectivity index (χ1v) is 10.2. The molecule has 0 radical (unpaired) electrons. The summed E-state index contributed by atoms with van der Waals surface area (Å²) in [4.78, 5) is 4.14. The lowest BCUT2D eigenvalue weighted by atomic mass is 10.0. The lowest BCUT2D eigenvalue weighted by Gasteiger charge is -2.28. The Morgan fingerprint density at radius 2 is 2.03 bits per heavy atom. The zero-order valence-corrected chi connectivity index (χ0v) is 17.2. The Morgan fingerprint density at radius 1 is 1.21 bits per heavy atom. The number of hydrogen-bond donors (Lipinski definition) is 0. The lowest BCUT2D eigenvalue weighted by Crippen LogP contribution is -2.37. The van der Waals surface area contributed by atoms with E-state index in [1.54, 1.807) is 12.5 Å². The van der Waals surface area contributed by atoms with E-state index in [1.165, 1.54) is 11.1 Å². The maximum atomic E-state index is 6.39. The molecule has 4 rings (SSSR count). The molecule has 1 fully saturated rings. The second-order valence-electron chi connectivity index (χ2n) is 7.42. The summed E-state index contributed by atoms with van der Waals surface area (Å²) in [7, 11) is 0. The highest BCUT2D eigenvalue weighted by Crippen LogP contribution is 2.32. The number of imidazole rings is 1. The van der Waals surface area contributed by atoms with Crippen LogP contribution in [0.1, 0.15) is 17.5 Å². The van der Waals surface area contributed by atoms with Gasteiger partial charge in [-0.15, -0.1) is 0 Å². The number of halogens is 1. The average Bonchev–Trinajstić information content (AvgIpc) is 3.38. The van der Waals surface area contributed by atoms with Gasteiger partial charge in [-0.2, -0.15) is 0 Å². The van der Waals surface area contributed by atoms with Crippen LogP contribution in [0.15, 0.2) is 67.3 Å². The van der Waals surface area contributed by atoms with Crippen molar-refractivity contribution in [1.29, 1.82) is 0 Å². The van der Waals surface area contributed by atoms with Crippen LogP contribution >= 0.6 is 11.6 Å². The Morgan fingerprint density at radius 3 is 2.79 bits per heavy atom. The fourth-order valence-electron chi connectivity index (χ4n) is 3.48. The fraction of sp³-hybridized carbons (Fsp3) is 0.348. The van der Waals surface area contributed by atoms with Gasteiger partial charge >= 0.3 is 0 Å². The summed E-state index contributed by atoms with van der Waals surface area (Å²) in [5.41, 5.74) is 2.52. The molecule has 1 aliphatic rings. The van der Waals surface area contributed by atoms with Crippen molar-refractivity contribution in [2.75, 3.05) is 13.2 Å². The zero-order chi connectivity index (χ0) is 20.1. The average molecular weight is 413 g/mol. The Labute approximate surface area is 176 Å². The van der Waals surface area contributed by atoms with E-state index in [-0.39, 0.29) is 6.10 Å². The van der Waals surface area contributed by atoms with Gasteiger partial charge in [0.05, 0.1) is 24.5 Å². The van der Waals surface area contributed by atoms with E-state index in [4.69, 9.17) is 25.8 Å². The van der Waals surface area contributed by atoms with Crippen molar-refractivity contribution in [1.82, 2.24) is 9.55 Å². The van der Waals surface area contributed by atoms with Crippen molar-refractivity contribution in [2.45, 2.75) is 38.2 Å². The van der Waals surface area contributed by atoms with E-state index < -0.39 is 5.79 Å². The van der Waals surface area contributed by atoms with Gasteiger partial charge in [0.1, 0.15) is 18.5 Å². The number of hydrogen-bond acceptors (Lipinski definition) is 4. The molecule has 0 amide bonds. The Kier molecular flexibility index (Phi) is 6.19. The Hall–Kier alpha value is -2.34. The molecule has 5 nitrogen and oxygen atoms in total. The molecule has 2 aromatic carbocycles. The standard InChI is InChI=1S/C23H25ClN2O3/c1-18-6-8-19(9-7-18)10-11-23(16-26-13-12-25-17-26)28-15-20(29-23)14-27-22-5-3-2-4-21(22)24/h2-9,12-13,17,20H,10-11,14-16H2,1H3. The summed E-state index contributed by atoms with van der Waals surface area (Å²) in [5.74, 6) is -0.0513. The van der Waals surface area contributed by atoms with Crippen molar-refractivity contribution in [3.8, 4) is 5.75 Å². The topological polar surface area (TPSA) is 45.5 Å². The quantitative estimate of drug-likeness (QED) is 0.539. The van der Waals surface area contributed by atoms with Crippen LogP contribution in [0.5, 0.6) is 5.75 Å². The Bertz CT molecular complexity index is 914. The highest BCUT2D eigenvalue weighted by atomic mass is 35.5. The number of ether oxygens (including phenoxy) is 3. The van der Waals surface area contributed by atoms with Gasteiger partial charge in [-0.05, 0) is 31.0 Å². The molecule has 29 heavy (non-hydrogen) atoms. The maximum Gasteiger partial charge on any atom is 0.187 e. The minimum absolute atomic E-state index is 0.159. The number of rotatable bonds is 8. The van der Waals surface area contributed by atoms with E-state index >= 15 is 0 Å². The van der Waals surface area contributed by atoms with Crippen molar-refractivity contribution < 1.29 is 14.2 Å². The SMILES string of the molecule is Cc1ccc(CCC2(Cn3ccnc3)OCC(COc3ccccc3Cl)O2)cc1. The van der Waals surface area contributed by atoms with Crippen LogP contribution in [-0.4, -0.2) is 34.7 Å². The van der Waals surface area contributed by atoms with Crippen molar-refractivity contribution in [3.63, 3.8) is 0 Å². The van der Waals surface area contributed by atoms with Crippen molar-refractivity contribution in [2.24, 2.45) is 0 Å². The van der Waals surface area contributed by atoms with Crippen LogP contribution in [0.3, 0.4) is 0 Å². The monoisotopic (exact) mass is 412 g/mol. The first-order chi connectivity index (χ1) is 14.1. The zero-order valence-electron chi connectivity index (χ0n) is 16.5. The maximum absolute atomic E-state index is 6.39. The van der Waals surface area contributed by atoms with Gasteiger partial charge in [0.2, 0.25) is 0 Å². The van der Waals surface area contributed by atoms with E-state index in [2.05, 4.69) is 36.2 Å². The number of benzene rings is 2. The molecule has 6 heteroatoms. The minimum Gasteiger partial charge on any atom is -0.489 e. The van der Waals surface area contributed by atoms with Gasteiger partial charge in [0, 0.05) is 18.8 Å². The first-order valence-electron chi connectivity index (χ1n) is 9.82. The Balaban J connectivity index is 1.41. The molecule has 1 aliphatic heterocycles. The highest BCUT2D eigenvalue weighted by molar-refractivity contribution is 6.32. The minimum atomic E-state index is -0.708. The smallest absolute Gasteiger partial charge is 0.187 e. The van der Waals surface area contributed by atoms with E-state index in [0.717, 1.165) is 12.8 Å². The normalized spacial score (nSPS) is 21.4. The van der Waals surface area contributed by atoms with Gasteiger partial charge in [-0.25, -0.2) is 4.98 Å². The number of aromatic nitrogens is 2. The van der Waals surface area contributed by atoms with Gasteiger partial charge in [0.15, 0.2) is 5.79 Å². The van der Waals surface area contributed by atoms with Crippen LogP contribution in [0.2, 0.25) is 5.02 Å². The van der Waals surface area contributed by atoms with E-state index in [0.29, 0.717) is 30.5 Å². The van der Waals surface area contributed by atoms with E-state index in [1.807, 2.05) is 35.0 Å². The van der Waals surface area contributed by atoms with E-state index in [9.17, 15) is 0 Å². The molecular formula is C23H25ClN2O3. The molecule has 152 valence electrons. The molecule has 1 aromatic heterocycles. The molecule has 0 spiro atoms. The van der Waals surface area contributed by atoms with Gasteiger partial charge in [-0.1, -0.05) is 53.6 Å². The third-order valence-corrected chi connectivity index (χ3v) is 5.39. The lowest BCUT2D eigenvalue weighted by molar-refractivity contribution is -0.184. The van der Waals surface area contributed by atoms with Gasteiger partial charge in [0.25, 0.3) is 0 Å². The van der Waals surface area contributed by atoms with Crippen LogP contribution in [0, 0.1) is 6.92 Å². The third kappa shape index (κ3) is 5.18. The number of nitrogens with zero attached hydrogens (tertiary/aromatic N) is 2. The summed E-state index contributed by atoms with van der Waals surface area (Å²) in [6.07, 6.45) is 6.93. The van der Waals surface area contributed by atoms with Crippen LogP contribution in [0.25, 0.3) is 0 Å². The van der Waals surface area contributed by atoms with Gasteiger partial charge in [-0.3, -0.25) is 0 Å². The molecule has 2 atom stereocenters. The molecule has 2 unspecified atom stereocenters. The molecule has 0 N–H and O–H groups in total. The molecule has 0 saturated carbocycles. The van der Waals surface area contributed by atoms with Gasteiger partial charge < -0.3 is 18.8 Å². The summed E-state index contributed by atoms with van der Waals surface area (Å²) in [6, 6.07) is 16.0. The molecule has 3 aromatic rings. The predicted octanol–water partition coefficient (Wildman–Crippen LogP) is 4.67. The molecular weight excluding hydrogens is 388 g/mol. The second kappa shape index (κ2) is 8.99. The third-order valence-electron chi connectivity index (χ3n) is 5.07. The highest BCUT2D eigenvalue weighted by Gasteiger charge is 2.42. The summed E-state index contributed by atoms with van der Waals surface area (Å²) in [5, 5.41) is 0.593. The molecule has 1 saturated heterocycles. The summed E-state index contributed by atoms with van der Waals surface area (Å²) in [6.45, 7) is 3.55. The summed E-state index contributed by atoms with van der Waals surface area (Å²) >= 11 is 6.18. The predicted molar refractivity (Wildman–Crippen MR) is 112 cm³/mol. The molecule has 0 aliphatic carbocycles. The van der Waals surface area contributed by atoms with Crippen molar-refractivity contribution in [3.05, 3.63) is 83.4 Å². The second-order valence-corrected chi connectivity index (χ2v) is 7.83. The fourth-order valence-corrected chi connectivity index (χ4v) is 3.67. The van der Waals surface area contributed by atoms with Crippen LogP contribution in [0.4, 0.5) is 0 Å². The summed E-state index contributed by atoms with van der Waals surface area (Å²) < 4.78 is 20.5.